The molecule has 33 heavy (non-hydrogen) atoms. The first-order chi connectivity index (χ1) is 15.7. The van der Waals surface area contributed by atoms with Gasteiger partial charge in [-0.1, -0.05) is 43.2 Å². The van der Waals surface area contributed by atoms with Crippen LogP contribution in [0.1, 0.15) is 37.7 Å². The maximum atomic E-state index is 12.8. The van der Waals surface area contributed by atoms with E-state index in [9.17, 15) is 24.0 Å². The highest BCUT2D eigenvalue weighted by atomic mass is 16.2. The van der Waals surface area contributed by atoms with Crippen molar-refractivity contribution in [1.82, 2.24) is 19.8 Å². The van der Waals surface area contributed by atoms with E-state index in [0.717, 1.165) is 28.2 Å². The first kappa shape index (κ1) is 22.3. The van der Waals surface area contributed by atoms with E-state index in [0.29, 0.717) is 12.8 Å². The van der Waals surface area contributed by atoms with Gasteiger partial charge < -0.3 is 16.0 Å². The lowest BCUT2D eigenvalue weighted by Gasteiger charge is -2.22. The van der Waals surface area contributed by atoms with Crippen LogP contribution in [0, 0.1) is 0 Å². The minimum atomic E-state index is -0.847. The molecule has 2 aromatic rings. The zero-order valence-corrected chi connectivity index (χ0v) is 18.3. The molecule has 4 rings (SSSR count). The van der Waals surface area contributed by atoms with Crippen molar-refractivity contribution in [2.45, 2.75) is 44.2 Å². The second kappa shape index (κ2) is 8.57. The number of aromatic amines is 1. The van der Waals surface area contributed by atoms with Gasteiger partial charge in [0.2, 0.25) is 5.91 Å². The molecule has 1 aromatic heterocycles. The third-order valence-corrected chi connectivity index (χ3v) is 6.36. The normalized spacial score (nSPS) is 16.9. The number of hydrogen-bond donors (Lipinski definition) is 3. The predicted octanol–water partition coefficient (Wildman–Crippen LogP) is 0.385. The first-order valence-electron chi connectivity index (χ1n) is 10.8. The molecule has 0 atom stereocenters. The topological polar surface area (TPSA) is 151 Å². The summed E-state index contributed by atoms with van der Waals surface area (Å²) in [7, 11) is 1.37. The Bertz CT molecular complexity index is 1210. The summed E-state index contributed by atoms with van der Waals surface area (Å²) in [6.07, 6.45) is 2.72. The Morgan fingerprint density at radius 3 is 2.45 bits per heavy atom. The number of imide groups is 1. The SMILES string of the molecule is CN(C(=O)CCN1C(=O)NC2(CCCC2)C1=O)c1c(N)n(Cc2ccccc2)c(=O)[nH]c1=O. The third-order valence-electron chi connectivity index (χ3n) is 6.36. The summed E-state index contributed by atoms with van der Waals surface area (Å²) in [4.78, 5) is 67.0. The van der Waals surface area contributed by atoms with E-state index in [1.54, 1.807) is 12.1 Å². The molecular formula is C22H26N6O5. The van der Waals surface area contributed by atoms with Crippen molar-refractivity contribution in [3.8, 4) is 0 Å². The van der Waals surface area contributed by atoms with Gasteiger partial charge in [-0.3, -0.25) is 28.8 Å². The van der Waals surface area contributed by atoms with Crippen molar-refractivity contribution in [1.29, 1.82) is 0 Å². The van der Waals surface area contributed by atoms with Crippen molar-refractivity contribution in [2.75, 3.05) is 24.2 Å². The molecule has 4 N–H and O–H groups in total. The van der Waals surface area contributed by atoms with Crippen LogP contribution in [0.2, 0.25) is 0 Å². The number of amides is 4. The van der Waals surface area contributed by atoms with Gasteiger partial charge in [-0.2, -0.15) is 0 Å². The van der Waals surface area contributed by atoms with Gasteiger partial charge in [0.1, 0.15) is 11.4 Å². The van der Waals surface area contributed by atoms with E-state index in [1.807, 2.05) is 18.2 Å². The van der Waals surface area contributed by atoms with E-state index in [2.05, 4.69) is 10.3 Å². The Labute approximate surface area is 189 Å². The maximum absolute atomic E-state index is 12.8. The standard InChI is InChI=1S/C22H26N6O5/c1-26(15(29)9-12-27-19(31)22(25-21(27)33)10-5-6-11-22)16-17(23)28(20(32)24-18(16)30)13-14-7-3-2-4-8-14/h2-4,7-8H,5-6,9-13,23H2,1H3,(H,25,33)(H,24,30,32). The molecule has 1 spiro atoms. The number of nitrogens with one attached hydrogen (secondary N) is 2. The average Bonchev–Trinajstić information content (AvgIpc) is 3.34. The van der Waals surface area contributed by atoms with Gasteiger partial charge in [0.15, 0.2) is 5.69 Å². The molecule has 0 radical (unpaired) electrons. The zero-order valence-electron chi connectivity index (χ0n) is 18.3. The van der Waals surface area contributed by atoms with Crippen LogP contribution in [0.5, 0.6) is 0 Å². The summed E-state index contributed by atoms with van der Waals surface area (Å²) < 4.78 is 1.18. The number of nitrogens with zero attached hydrogens (tertiary/aromatic N) is 3. The van der Waals surface area contributed by atoms with Crippen LogP contribution in [-0.4, -0.2) is 51.4 Å². The van der Waals surface area contributed by atoms with Crippen molar-refractivity contribution >= 4 is 29.4 Å². The Balaban J connectivity index is 1.51. The second-order valence-electron chi connectivity index (χ2n) is 8.44. The molecule has 174 valence electrons. The molecule has 2 aliphatic rings. The van der Waals surface area contributed by atoms with Crippen LogP contribution < -0.4 is 27.2 Å². The smallest absolute Gasteiger partial charge is 0.330 e. The van der Waals surface area contributed by atoms with Crippen molar-refractivity contribution in [3.63, 3.8) is 0 Å². The number of benzene rings is 1. The highest BCUT2D eigenvalue weighted by Gasteiger charge is 2.52. The summed E-state index contributed by atoms with van der Waals surface area (Å²) in [6, 6.07) is 8.56. The minimum Gasteiger partial charge on any atom is -0.383 e. The van der Waals surface area contributed by atoms with Gasteiger partial charge in [-0.05, 0) is 18.4 Å². The minimum absolute atomic E-state index is 0.113. The molecule has 1 saturated heterocycles. The largest absolute Gasteiger partial charge is 0.383 e. The Morgan fingerprint density at radius 1 is 1.12 bits per heavy atom. The Kier molecular flexibility index (Phi) is 5.79. The van der Waals surface area contributed by atoms with Gasteiger partial charge in [0.05, 0.1) is 6.54 Å². The first-order valence-corrected chi connectivity index (χ1v) is 10.8. The predicted molar refractivity (Wildman–Crippen MR) is 121 cm³/mol. The van der Waals surface area contributed by atoms with Crippen LogP contribution in [0.3, 0.4) is 0 Å². The van der Waals surface area contributed by atoms with Gasteiger partial charge in [-0.15, -0.1) is 0 Å². The number of carbonyl (C=O) groups is 3. The number of H-pyrrole nitrogens is 1. The fourth-order valence-corrected chi connectivity index (χ4v) is 4.52. The van der Waals surface area contributed by atoms with Crippen LogP contribution in [0.4, 0.5) is 16.3 Å². The number of rotatable bonds is 6. The Morgan fingerprint density at radius 2 is 1.79 bits per heavy atom. The van der Waals surface area contributed by atoms with Crippen molar-refractivity contribution in [3.05, 3.63) is 56.7 Å². The lowest BCUT2D eigenvalue weighted by molar-refractivity contribution is -0.131. The molecule has 1 aliphatic carbocycles. The van der Waals surface area contributed by atoms with Gasteiger partial charge in [0.25, 0.3) is 11.5 Å². The van der Waals surface area contributed by atoms with Crippen molar-refractivity contribution in [2.24, 2.45) is 0 Å². The van der Waals surface area contributed by atoms with Crippen LogP contribution in [-0.2, 0) is 16.1 Å². The number of carbonyl (C=O) groups excluding carboxylic acids is 3. The van der Waals surface area contributed by atoms with Crippen LogP contribution >= 0.6 is 0 Å². The van der Waals surface area contributed by atoms with E-state index in [1.165, 1.54) is 11.6 Å². The molecule has 11 heteroatoms. The number of hydrogen-bond acceptors (Lipinski definition) is 6. The average molecular weight is 454 g/mol. The summed E-state index contributed by atoms with van der Waals surface area (Å²) in [5, 5.41) is 2.77. The number of aromatic nitrogens is 2. The van der Waals surface area contributed by atoms with E-state index in [-0.39, 0.29) is 36.9 Å². The third kappa shape index (κ3) is 4.01. The fraction of sp³-hybridized carbons (Fsp3) is 0.409. The molecule has 4 amide bonds. The van der Waals surface area contributed by atoms with Gasteiger partial charge in [-0.25, -0.2) is 9.59 Å². The highest BCUT2D eigenvalue weighted by Crippen LogP contribution is 2.35. The van der Waals surface area contributed by atoms with Crippen LogP contribution in [0.15, 0.2) is 39.9 Å². The molecule has 1 saturated carbocycles. The number of anilines is 2. The molecule has 1 aliphatic heterocycles. The lowest BCUT2D eigenvalue weighted by atomic mass is 9.98. The molecule has 0 unspecified atom stereocenters. The maximum Gasteiger partial charge on any atom is 0.330 e. The fourth-order valence-electron chi connectivity index (χ4n) is 4.52. The summed E-state index contributed by atoms with van der Waals surface area (Å²) in [5.41, 5.74) is 4.43. The van der Waals surface area contributed by atoms with Crippen molar-refractivity contribution < 1.29 is 14.4 Å². The van der Waals surface area contributed by atoms with Gasteiger partial charge >= 0.3 is 11.7 Å². The summed E-state index contributed by atoms with van der Waals surface area (Å²) >= 11 is 0. The van der Waals surface area contributed by atoms with E-state index < -0.39 is 28.7 Å². The molecule has 0 bridgehead atoms. The monoisotopic (exact) mass is 454 g/mol. The molecule has 1 aromatic carbocycles. The quantitative estimate of drug-likeness (QED) is 0.537. The summed E-state index contributed by atoms with van der Waals surface area (Å²) in [5.74, 6) is -0.984. The highest BCUT2D eigenvalue weighted by molar-refractivity contribution is 6.07. The van der Waals surface area contributed by atoms with Crippen LogP contribution in [0.25, 0.3) is 0 Å². The van der Waals surface area contributed by atoms with E-state index >= 15 is 0 Å². The molecule has 2 heterocycles. The second-order valence-corrected chi connectivity index (χ2v) is 8.44. The summed E-state index contributed by atoms with van der Waals surface area (Å²) in [6.45, 7) is -0.00109. The van der Waals surface area contributed by atoms with E-state index in [4.69, 9.17) is 5.73 Å². The zero-order chi connectivity index (χ0) is 23.8. The number of urea groups is 1. The molecular weight excluding hydrogens is 428 g/mol. The number of nitrogens with two attached hydrogens (primary N) is 1. The lowest BCUT2D eigenvalue weighted by Crippen LogP contribution is -2.44. The van der Waals surface area contributed by atoms with Gasteiger partial charge in [0, 0.05) is 20.0 Å². The molecule has 2 fully saturated rings. The molecule has 11 nitrogen and oxygen atoms in total. The number of nitrogen functional groups attached to an aromatic ring is 1. The Hall–Kier alpha value is -3.89.